The van der Waals surface area contributed by atoms with Gasteiger partial charge in [0.1, 0.15) is 0 Å². The Kier molecular flexibility index (Phi) is 2.68. The van der Waals surface area contributed by atoms with Gasteiger partial charge >= 0.3 is 0 Å². The first-order chi connectivity index (χ1) is 8.75. The SMILES string of the molecule is Cn1ccnc1Sc1ccc(N)c2cccnc12. The quantitative estimate of drug-likeness (QED) is 0.716. The van der Waals surface area contributed by atoms with E-state index in [4.69, 9.17) is 5.73 Å². The van der Waals surface area contributed by atoms with E-state index < -0.39 is 0 Å². The summed E-state index contributed by atoms with van der Waals surface area (Å²) in [6.07, 6.45) is 5.49. The van der Waals surface area contributed by atoms with Gasteiger partial charge in [-0.1, -0.05) is 0 Å². The molecule has 3 rings (SSSR count). The van der Waals surface area contributed by atoms with Crippen molar-refractivity contribution in [3.8, 4) is 0 Å². The maximum absolute atomic E-state index is 5.96. The number of aromatic nitrogens is 3. The fourth-order valence-corrected chi connectivity index (χ4v) is 2.71. The van der Waals surface area contributed by atoms with Crippen molar-refractivity contribution in [1.82, 2.24) is 14.5 Å². The molecule has 1 aromatic carbocycles. The molecule has 0 unspecified atom stereocenters. The number of rotatable bonds is 2. The number of benzene rings is 1. The number of fused-ring (bicyclic) bond motifs is 1. The largest absolute Gasteiger partial charge is 0.398 e. The summed E-state index contributed by atoms with van der Waals surface area (Å²) in [5.74, 6) is 0. The highest BCUT2D eigenvalue weighted by molar-refractivity contribution is 7.99. The molecule has 0 aliphatic heterocycles. The van der Waals surface area contributed by atoms with Crippen LogP contribution < -0.4 is 5.73 Å². The molecule has 90 valence electrons. The van der Waals surface area contributed by atoms with Crippen LogP contribution in [0.15, 0.2) is 52.9 Å². The van der Waals surface area contributed by atoms with Gasteiger partial charge in [0, 0.05) is 41.6 Å². The van der Waals surface area contributed by atoms with Gasteiger partial charge in [-0.2, -0.15) is 0 Å². The zero-order chi connectivity index (χ0) is 12.5. The maximum atomic E-state index is 5.96. The van der Waals surface area contributed by atoms with Gasteiger partial charge in [0.25, 0.3) is 0 Å². The van der Waals surface area contributed by atoms with Crippen LogP contribution >= 0.6 is 11.8 Å². The van der Waals surface area contributed by atoms with Crippen molar-refractivity contribution >= 4 is 28.4 Å². The van der Waals surface area contributed by atoms with E-state index >= 15 is 0 Å². The molecule has 2 heterocycles. The lowest BCUT2D eigenvalue weighted by Gasteiger charge is -2.07. The fraction of sp³-hybridized carbons (Fsp3) is 0.0769. The zero-order valence-electron chi connectivity index (χ0n) is 9.87. The first-order valence-corrected chi connectivity index (χ1v) is 6.36. The molecule has 0 bridgehead atoms. The molecule has 5 heteroatoms. The Balaban J connectivity index is 2.13. The lowest BCUT2D eigenvalue weighted by atomic mass is 10.2. The minimum absolute atomic E-state index is 0.752. The van der Waals surface area contributed by atoms with Crippen molar-refractivity contribution in [2.24, 2.45) is 7.05 Å². The van der Waals surface area contributed by atoms with Crippen molar-refractivity contribution < 1.29 is 0 Å². The van der Waals surface area contributed by atoms with E-state index in [0.29, 0.717) is 0 Å². The van der Waals surface area contributed by atoms with Crippen molar-refractivity contribution in [2.45, 2.75) is 10.1 Å². The lowest BCUT2D eigenvalue weighted by molar-refractivity contribution is 0.790. The van der Waals surface area contributed by atoms with Gasteiger partial charge in [0.15, 0.2) is 5.16 Å². The van der Waals surface area contributed by atoms with Crippen LogP contribution in [0.3, 0.4) is 0 Å². The highest BCUT2D eigenvalue weighted by Gasteiger charge is 2.08. The first kappa shape index (κ1) is 11.1. The first-order valence-electron chi connectivity index (χ1n) is 5.54. The molecule has 18 heavy (non-hydrogen) atoms. The third-order valence-corrected chi connectivity index (χ3v) is 3.87. The molecule has 0 fully saturated rings. The molecule has 0 atom stereocenters. The molecule has 2 aromatic heterocycles. The van der Waals surface area contributed by atoms with E-state index in [0.717, 1.165) is 26.6 Å². The molecule has 0 amide bonds. The molecule has 0 aliphatic carbocycles. The van der Waals surface area contributed by atoms with Crippen LogP contribution in [-0.4, -0.2) is 14.5 Å². The summed E-state index contributed by atoms with van der Waals surface area (Å²) < 4.78 is 1.98. The molecule has 0 saturated carbocycles. The maximum Gasteiger partial charge on any atom is 0.172 e. The second kappa shape index (κ2) is 4.34. The number of nitrogens with two attached hydrogens (primary N) is 1. The zero-order valence-corrected chi connectivity index (χ0v) is 10.7. The summed E-state index contributed by atoms with van der Waals surface area (Å²) >= 11 is 1.59. The molecule has 0 saturated heterocycles. The Morgan fingerprint density at radius 3 is 2.83 bits per heavy atom. The topological polar surface area (TPSA) is 56.7 Å². The van der Waals surface area contributed by atoms with Gasteiger partial charge in [-0.15, -0.1) is 0 Å². The second-order valence-corrected chi connectivity index (χ2v) is 4.98. The number of pyridine rings is 1. The van der Waals surface area contributed by atoms with E-state index in [2.05, 4.69) is 9.97 Å². The number of anilines is 1. The summed E-state index contributed by atoms with van der Waals surface area (Å²) in [6.45, 7) is 0. The standard InChI is InChI=1S/C13H12N4S/c1-17-8-7-16-13(17)18-11-5-4-10(14)9-3-2-6-15-12(9)11/h2-8H,14H2,1H3. The Labute approximate surface area is 109 Å². The molecule has 0 aliphatic rings. The normalized spacial score (nSPS) is 10.9. The summed E-state index contributed by atoms with van der Waals surface area (Å²) in [6, 6.07) is 7.79. The van der Waals surface area contributed by atoms with E-state index in [1.165, 1.54) is 0 Å². The Morgan fingerprint density at radius 1 is 1.17 bits per heavy atom. The van der Waals surface area contributed by atoms with Gasteiger partial charge in [-0.25, -0.2) is 4.98 Å². The van der Waals surface area contributed by atoms with Gasteiger partial charge in [-0.3, -0.25) is 4.98 Å². The summed E-state index contributed by atoms with van der Waals surface area (Å²) in [5.41, 5.74) is 7.63. The van der Waals surface area contributed by atoms with E-state index in [1.54, 1.807) is 24.2 Å². The smallest absolute Gasteiger partial charge is 0.172 e. The van der Waals surface area contributed by atoms with Gasteiger partial charge in [0.05, 0.1) is 5.52 Å². The van der Waals surface area contributed by atoms with E-state index in [-0.39, 0.29) is 0 Å². The van der Waals surface area contributed by atoms with Crippen LogP contribution in [0.2, 0.25) is 0 Å². The molecule has 2 N–H and O–H groups in total. The van der Waals surface area contributed by atoms with Crippen LogP contribution in [0.5, 0.6) is 0 Å². The number of imidazole rings is 1. The Hall–Kier alpha value is -2.01. The van der Waals surface area contributed by atoms with E-state index in [9.17, 15) is 0 Å². The highest BCUT2D eigenvalue weighted by Crippen LogP contribution is 2.33. The Morgan fingerprint density at radius 2 is 2.06 bits per heavy atom. The number of hydrogen-bond donors (Lipinski definition) is 1. The summed E-state index contributed by atoms with van der Waals surface area (Å²) in [7, 11) is 1.97. The molecular formula is C13H12N4S. The molecule has 3 aromatic rings. The molecular weight excluding hydrogens is 244 g/mol. The number of hydrogen-bond acceptors (Lipinski definition) is 4. The monoisotopic (exact) mass is 256 g/mol. The van der Waals surface area contributed by atoms with Gasteiger partial charge in [-0.05, 0) is 36.0 Å². The van der Waals surface area contributed by atoms with Gasteiger partial charge in [0.2, 0.25) is 0 Å². The molecule has 0 spiro atoms. The van der Waals surface area contributed by atoms with Crippen LogP contribution in [0.4, 0.5) is 5.69 Å². The average molecular weight is 256 g/mol. The Bertz CT molecular complexity index is 705. The van der Waals surface area contributed by atoms with Crippen LogP contribution in [0.1, 0.15) is 0 Å². The van der Waals surface area contributed by atoms with Crippen LogP contribution in [-0.2, 0) is 7.05 Å². The lowest BCUT2D eigenvalue weighted by Crippen LogP contribution is -1.92. The third-order valence-electron chi connectivity index (χ3n) is 2.74. The highest BCUT2D eigenvalue weighted by atomic mass is 32.2. The molecule has 0 radical (unpaired) electrons. The van der Waals surface area contributed by atoms with Crippen molar-refractivity contribution in [2.75, 3.05) is 5.73 Å². The summed E-state index contributed by atoms with van der Waals surface area (Å²) in [5, 5.41) is 1.92. The predicted octanol–water partition coefficient (Wildman–Crippen LogP) is 2.70. The number of aryl methyl sites for hydroxylation is 1. The fourth-order valence-electron chi connectivity index (χ4n) is 1.80. The van der Waals surface area contributed by atoms with Crippen molar-refractivity contribution in [3.05, 3.63) is 42.9 Å². The number of nitrogens with zero attached hydrogens (tertiary/aromatic N) is 3. The van der Waals surface area contributed by atoms with Crippen LogP contribution in [0.25, 0.3) is 10.9 Å². The van der Waals surface area contributed by atoms with Crippen molar-refractivity contribution in [1.29, 1.82) is 0 Å². The van der Waals surface area contributed by atoms with Gasteiger partial charge < -0.3 is 10.3 Å². The van der Waals surface area contributed by atoms with Crippen molar-refractivity contribution in [3.63, 3.8) is 0 Å². The summed E-state index contributed by atoms with van der Waals surface area (Å²) in [4.78, 5) is 9.79. The predicted molar refractivity (Wildman–Crippen MR) is 73.5 cm³/mol. The number of nitrogen functional groups attached to an aromatic ring is 1. The van der Waals surface area contributed by atoms with Crippen LogP contribution in [0, 0.1) is 0 Å². The minimum Gasteiger partial charge on any atom is -0.398 e. The van der Waals surface area contributed by atoms with E-state index in [1.807, 2.05) is 42.1 Å². The average Bonchev–Trinajstić information content (AvgIpc) is 2.79. The minimum atomic E-state index is 0.752. The second-order valence-electron chi connectivity index (χ2n) is 3.98. The third kappa shape index (κ3) is 1.82. The molecule has 4 nitrogen and oxygen atoms in total.